The number of aryl methyl sites for hydroxylation is 1. The summed E-state index contributed by atoms with van der Waals surface area (Å²) in [6.45, 7) is 21.3. The molecule has 1 atom stereocenters. The Bertz CT molecular complexity index is 1200. The molecular weight excluding hydrogens is 552 g/mol. The van der Waals surface area contributed by atoms with Crippen LogP contribution < -0.4 is 15.8 Å². The van der Waals surface area contributed by atoms with Crippen LogP contribution in [-0.2, 0) is 20.9 Å². The molecule has 1 aromatic heterocycles. The van der Waals surface area contributed by atoms with Crippen LogP contribution in [0, 0.1) is 6.92 Å². The Balaban J connectivity index is 0.000000671. The molecule has 8 nitrogen and oxygen atoms in total. The van der Waals surface area contributed by atoms with Crippen molar-refractivity contribution in [2.75, 3.05) is 20.3 Å². The molecule has 0 saturated carbocycles. The second kappa shape index (κ2) is 22.7. The number of hydrogen-bond acceptors (Lipinski definition) is 6. The molecule has 3 aromatic rings. The summed E-state index contributed by atoms with van der Waals surface area (Å²) in [6.07, 6.45) is 6.13. The normalized spacial score (nSPS) is 10.9. The maximum Gasteiger partial charge on any atom is 0.239 e. The average Bonchev–Trinajstić information content (AvgIpc) is 3.46. The third kappa shape index (κ3) is 16.2. The van der Waals surface area contributed by atoms with Crippen molar-refractivity contribution < 1.29 is 19.1 Å². The predicted molar refractivity (Wildman–Crippen MR) is 182 cm³/mol. The quantitative estimate of drug-likeness (QED) is 0.157. The Morgan fingerprint density at radius 1 is 1.02 bits per heavy atom. The lowest BCUT2D eigenvalue weighted by atomic mass is 10.0. The van der Waals surface area contributed by atoms with Gasteiger partial charge in [0.05, 0.1) is 37.4 Å². The summed E-state index contributed by atoms with van der Waals surface area (Å²) in [4.78, 5) is 27.1. The van der Waals surface area contributed by atoms with E-state index in [0.717, 1.165) is 36.5 Å². The Labute approximate surface area is 266 Å². The van der Waals surface area contributed by atoms with Crippen molar-refractivity contribution in [3.05, 3.63) is 96.1 Å². The number of imidazole rings is 1. The molecule has 0 fully saturated rings. The van der Waals surface area contributed by atoms with Crippen molar-refractivity contribution in [2.45, 2.75) is 92.8 Å². The SMILES string of the molecule is C=C(CC)CCOCc1ccccc1.CC.CCOc1ccc(C(C(=O)CC)n2cnc(C)c2)cc1.CNC(=O)C(C)(C)N. The zero-order valence-corrected chi connectivity index (χ0v) is 28.5. The topological polar surface area (TPSA) is 108 Å². The molecule has 2 aromatic carbocycles. The van der Waals surface area contributed by atoms with Gasteiger partial charge in [-0.1, -0.05) is 82.3 Å². The summed E-state index contributed by atoms with van der Waals surface area (Å²) in [5, 5.41) is 2.44. The standard InChI is InChI=1S/C16H20N2O2.C13H18O.C5H12N2O.C2H6/c1-4-15(19)16(18-10-12(3)17-11-18)13-6-8-14(9-7-13)20-5-2;1-3-12(2)9-10-14-11-13-7-5-4-6-8-13;1-5(2,6)4(8)7-3;1-2/h6-11,16H,4-5H2,1-3H3;4-8H,2-3,9-11H2,1H3;6H2,1-3H3,(H,7,8);1-2H3. The molecule has 44 heavy (non-hydrogen) atoms. The molecule has 244 valence electrons. The number of hydrogen-bond donors (Lipinski definition) is 2. The van der Waals surface area contributed by atoms with E-state index in [9.17, 15) is 9.59 Å². The van der Waals surface area contributed by atoms with Gasteiger partial charge in [-0.3, -0.25) is 9.59 Å². The minimum atomic E-state index is -0.741. The van der Waals surface area contributed by atoms with Crippen molar-refractivity contribution in [1.82, 2.24) is 14.9 Å². The smallest absolute Gasteiger partial charge is 0.239 e. The first-order valence-corrected chi connectivity index (χ1v) is 15.5. The van der Waals surface area contributed by atoms with Crippen molar-refractivity contribution >= 4 is 11.7 Å². The summed E-state index contributed by atoms with van der Waals surface area (Å²) in [5.41, 5.74) is 8.99. The monoisotopic (exact) mass is 608 g/mol. The highest BCUT2D eigenvalue weighted by atomic mass is 16.5. The second-order valence-corrected chi connectivity index (χ2v) is 10.4. The largest absolute Gasteiger partial charge is 0.494 e. The van der Waals surface area contributed by atoms with Crippen LogP contribution in [0.1, 0.15) is 90.6 Å². The number of rotatable bonds is 13. The van der Waals surface area contributed by atoms with Gasteiger partial charge in [-0.2, -0.15) is 0 Å². The summed E-state index contributed by atoms with van der Waals surface area (Å²) < 4.78 is 12.8. The van der Waals surface area contributed by atoms with Crippen molar-refractivity contribution in [3.63, 3.8) is 0 Å². The molecule has 1 unspecified atom stereocenters. The van der Waals surface area contributed by atoms with Gasteiger partial charge in [0.15, 0.2) is 5.78 Å². The van der Waals surface area contributed by atoms with Crippen LogP contribution in [0.25, 0.3) is 0 Å². The summed E-state index contributed by atoms with van der Waals surface area (Å²) in [7, 11) is 1.57. The number of benzene rings is 2. The number of carbonyl (C=O) groups excluding carboxylic acids is 2. The minimum absolute atomic E-state index is 0.141. The van der Waals surface area contributed by atoms with Gasteiger partial charge < -0.3 is 25.1 Å². The fourth-order valence-corrected chi connectivity index (χ4v) is 3.69. The molecule has 0 aliphatic carbocycles. The molecule has 0 bridgehead atoms. The van der Waals surface area contributed by atoms with E-state index >= 15 is 0 Å². The molecule has 0 aliphatic heterocycles. The molecule has 0 aliphatic rings. The Kier molecular flexibility index (Phi) is 20.8. The van der Waals surface area contributed by atoms with Crippen molar-refractivity contribution in [3.8, 4) is 5.75 Å². The first kappa shape index (κ1) is 40.2. The number of nitrogens with two attached hydrogens (primary N) is 1. The third-order valence-corrected chi connectivity index (χ3v) is 6.21. The van der Waals surface area contributed by atoms with Crippen LogP contribution in [0.2, 0.25) is 0 Å². The average molecular weight is 609 g/mol. The number of likely N-dealkylation sites (N-methyl/N-ethyl adjacent to an activating group) is 1. The molecule has 3 rings (SSSR count). The number of ketones is 1. The molecule has 0 saturated heterocycles. The second-order valence-electron chi connectivity index (χ2n) is 10.4. The van der Waals surface area contributed by atoms with Gasteiger partial charge in [-0.25, -0.2) is 4.98 Å². The molecule has 3 N–H and O–H groups in total. The lowest BCUT2D eigenvalue weighted by Gasteiger charge is -2.17. The van der Waals surface area contributed by atoms with E-state index in [1.54, 1.807) is 27.2 Å². The van der Waals surface area contributed by atoms with Crippen LogP contribution in [0.4, 0.5) is 0 Å². The van der Waals surface area contributed by atoms with Crippen LogP contribution in [0.15, 0.2) is 79.3 Å². The number of nitrogens with zero attached hydrogens (tertiary/aromatic N) is 2. The van der Waals surface area contributed by atoms with E-state index in [-0.39, 0.29) is 17.7 Å². The van der Waals surface area contributed by atoms with Gasteiger partial charge in [0.2, 0.25) is 5.91 Å². The summed E-state index contributed by atoms with van der Waals surface area (Å²) >= 11 is 0. The zero-order chi connectivity index (χ0) is 33.5. The van der Waals surface area contributed by atoms with E-state index in [1.165, 1.54) is 11.1 Å². The molecular formula is C36H56N4O4. The van der Waals surface area contributed by atoms with Gasteiger partial charge in [0.1, 0.15) is 11.8 Å². The van der Waals surface area contributed by atoms with E-state index < -0.39 is 5.54 Å². The van der Waals surface area contributed by atoms with Gasteiger partial charge >= 0.3 is 0 Å². The highest BCUT2D eigenvalue weighted by Gasteiger charge is 2.21. The number of Topliss-reactive ketones (excluding diaryl/α,β-unsaturated/α-hetero) is 1. The molecule has 0 spiro atoms. The van der Waals surface area contributed by atoms with Crippen molar-refractivity contribution in [1.29, 1.82) is 0 Å². The molecule has 1 heterocycles. The van der Waals surface area contributed by atoms with Crippen molar-refractivity contribution in [2.24, 2.45) is 5.73 Å². The lowest BCUT2D eigenvalue weighted by Crippen LogP contribution is -2.47. The minimum Gasteiger partial charge on any atom is -0.494 e. The van der Waals surface area contributed by atoms with Gasteiger partial charge in [0.25, 0.3) is 0 Å². The summed E-state index contributed by atoms with van der Waals surface area (Å²) in [6, 6.07) is 17.6. The maximum atomic E-state index is 12.3. The fraction of sp³-hybridized carbons (Fsp3) is 0.472. The van der Waals surface area contributed by atoms with Crippen LogP contribution in [0.3, 0.4) is 0 Å². The van der Waals surface area contributed by atoms with Crippen LogP contribution in [0.5, 0.6) is 5.75 Å². The van der Waals surface area contributed by atoms with Crippen LogP contribution >= 0.6 is 0 Å². The number of amides is 1. The zero-order valence-electron chi connectivity index (χ0n) is 28.5. The first-order valence-electron chi connectivity index (χ1n) is 15.5. The van der Waals surface area contributed by atoms with Gasteiger partial charge in [0, 0.05) is 19.7 Å². The van der Waals surface area contributed by atoms with E-state index in [1.807, 2.05) is 87.8 Å². The van der Waals surface area contributed by atoms with Gasteiger partial charge in [-0.15, -0.1) is 0 Å². The Morgan fingerprint density at radius 3 is 2.07 bits per heavy atom. The summed E-state index contributed by atoms with van der Waals surface area (Å²) in [5.74, 6) is 0.852. The van der Waals surface area contributed by atoms with E-state index in [0.29, 0.717) is 19.6 Å². The number of nitrogens with one attached hydrogen (secondary N) is 1. The third-order valence-electron chi connectivity index (χ3n) is 6.21. The molecule has 1 amide bonds. The highest BCUT2D eigenvalue weighted by Crippen LogP contribution is 2.24. The fourth-order valence-electron chi connectivity index (χ4n) is 3.69. The Morgan fingerprint density at radius 2 is 1.64 bits per heavy atom. The Hall–Kier alpha value is -3.75. The highest BCUT2D eigenvalue weighted by molar-refractivity contribution is 5.85. The number of carbonyl (C=O) groups is 2. The molecule has 8 heteroatoms. The molecule has 0 radical (unpaired) electrons. The predicted octanol–water partition coefficient (Wildman–Crippen LogP) is 7.21. The van der Waals surface area contributed by atoms with Gasteiger partial charge in [-0.05, 0) is 63.8 Å². The lowest BCUT2D eigenvalue weighted by molar-refractivity contribution is -0.124. The van der Waals surface area contributed by atoms with E-state index in [4.69, 9.17) is 15.2 Å². The van der Waals surface area contributed by atoms with E-state index in [2.05, 4.69) is 35.9 Å². The maximum absolute atomic E-state index is 12.3. The van der Waals surface area contributed by atoms with Crippen LogP contribution in [-0.4, -0.2) is 47.0 Å². The first-order chi connectivity index (χ1) is 21.0. The number of aromatic nitrogens is 2. The number of ether oxygens (including phenoxy) is 2.